The Labute approximate surface area is 122 Å². The lowest BCUT2D eigenvalue weighted by Gasteiger charge is -2.20. The summed E-state index contributed by atoms with van der Waals surface area (Å²) in [6, 6.07) is 10.4. The van der Waals surface area contributed by atoms with Crippen LogP contribution < -0.4 is 10.6 Å². The van der Waals surface area contributed by atoms with Crippen LogP contribution in [-0.4, -0.2) is 18.6 Å². The number of aromatic nitrogens is 1. The molecule has 1 aromatic carbocycles. The van der Waals surface area contributed by atoms with E-state index in [1.165, 1.54) is 5.56 Å². The van der Waals surface area contributed by atoms with Crippen LogP contribution in [0.2, 0.25) is 0 Å². The van der Waals surface area contributed by atoms with Crippen LogP contribution in [0.5, 0.6) is 0 Å². The van der Waals surface area contributed by atoms with Crippen molar-refractivity contribution in [2.75, 3.05) is 24.2 Å². The number of rotatable bonds is 4. The molecule has 0 saturated carbocycles. The maximum absolute atomic E-state index is 5.72. The van der Waals surface area contributed by atoms with Gasteiger partial charge < -0.3 is 10.6 Å². The van der Waals surface area contributed by atoms with Gasteiger partial charge in [-0.15, -0.1) is 0 Å². The number of pyridine rings is 1. The second kappa shape index (κ2) is 6.06. The van der Waals surface area contributed by atoms with Gasteiger partial charge in [0, 0.05) is 18.1 Å². The summed E-state index contributed by atoms with van der Waals surface area (Å²) >= 11 is 3.45. The minimum Gasteiger partial charge on any atom is -0.397 e. The molecule has 0 amide bonds. The quantitative estimate of drug-likeness (QED) is 0.939. The Bertz CT molecular complexity index is 552. The third kappa shape index (κ3) is 3.70. The first-order valence-electron chi connectivity index (χ1n) is 6.24. The lowest BCUT2D eigenvalue weighted by atomic mass is 10.1. The van der Waals surface area contributed by atoms with Gasteiger partial charge in [-0.05, 0) is 42.7 Å². The third-order valence-electron chi connectivity index (χ3n) is 3.08. The molecule has 0 aliphatic carbocycles. The summed E-state index contributed by atoms with van der Waals surface area (Å²) in [5.74, 6) is 0.992. The fourth-order valence-electron chi connectivity index (χ4n) is 2.04. The van der Waals surface area contributed by atoms with Crippen LogP contribution in [0.1, 0.15) is 11.1 Å². The Morgan fingerprint density at radius 3 is 2.58 bits per heavy atom. The first-order chi connectivity index (χ1) is 9.06. The summed E-state index contributed by atoms with van der Waals surface area (Å²) in [4.78, 5) is 6.56. The average molecular weight is 320 g/mol. The van der Waals surface area contributed by atoms with Crippen molar-refractivity contribution in [3.05, 3.63) is 52.1 Å². The number of nitrogens with zero attached hydrogens (tertiary/aromatic N) is 2. The number of likely N-dealkylation sites (N-methyl/N-ethyl adjacent to an activating group) is 1. The molecule has 0 atom stereocenters. The second-order valence-corrected chi connectivity index (χ2v) is 5.62. The molecule has 0 radical (unpaired) electrons. The standard InChI is InChI=1S/C15H18BrN3/c1-11-9-14(17)10-18-15(11)19(2)8-7-12-3-5-13(16)6-4-12/h3-6,9-10H,7-8,17H2,1-2H3. The van der Waals surface area contributed by atoms with E-state index in [9.17, 15) is 0 Å². The van der Waals surface area contributed by atoms with Gasteiger partial charge in [0.2, 0.25) is 0 Å². The van der Waals surface area contributed by atoms with E-state index >= 15 is 0 Å². The van der Waals surface area contributed by atoms with Gasteiger partial charge in [0.15, 0.2) is 0 Å². The van der Waals surface area contributed by atoms with Crippen molar-refractivity contribution < 1.29 is 0 Å². The highest BCUT2D eigenvalue weighted by atomic mass is 79.9. The number of nitrogen functional groups attached to an aromatic ring is 1. The molecule has 0 aliphatic heterocycles. The molecule has 1 aromatic heterocycles. The Kier molecular flexibility index (Phi) is 4.43. The Hall–Kier alpha value is -1.55. The van der Waals surface area contributed by atoms with E-state index in [2.05, 4.69) is 57.1 Å². The molecule has 3 nitrogen and oxygen atoms in total. The molecule has 2 N–H and O–H groups in total. The molecule has 0 aliphatic rings. The SMILES string of the molecule is Cc1cc(N)cnc1N(C)CCc1ccc(Br)cc1. The normalized spacial score (nSPS) is 10.5. The van der Waals surface area contributed by atoms with Crippen LogP contribution in [0.4, 0.5) is 11.5 Å². The zero-order valence-electron chi connectivity index (χ0n) is 11.2. The second-order valence-electron chi connectivity index (χ2n) is 4.71. The first kappa shape index (κ1) is 13.9. The lowest BCUT2D eigenvalue weighted by molar-refractivity contribution is 0.855. The maximum atomic E-state index is 5.72. The molecule has 2 aromatic rings. The number of hydrogen-bond acceptors (Lipinski definition) is 3. The van der Waals surface area contributed by atoms with E-state index in [-0.39, 0.29) is 0 Å². The van der Waals surface area contributed by atoms with Crippen LogP contribution in [0.3, 0.4) is 0 Å². The highest BCUT2D eigenvalue weighted by Gasteiger charge is 2.06. The van der Waals surface area contributed by atoms with Gasteiger partial charge in [-0.1, -0.05) is 28.1 Å². The predicted molar refractivity (Wildman–Crippen MR) is 84.5 cm³/mol. The molecular weight excluding hydrogens is 302 g/mol. The van der Waals surface area contributed by atoms with E-state index in [1.54, 1.807) is 6.20 Å². The molecule has 4 heteroatoms. The topological polar surface area (TPSA) is 42.1 Å². The Morgan fingerprint density at radius 1 is 1.26 bits per heavy atom. The fourth-order valence-corrected chi connectivity index (χ4v) is 2.31. The van der Waals surface area contributed by atoms with Gasteiger partial charge in [0.25, 0.3) is 0 Å². The van der Waals surface area contributed by atoms with E-state index in [0.717, 1.165) is 28.8 Å². The van der Waals surface area contributed by atoms with Gasteiger partial charge >= 0.3 is 0 Å². The Balaban J connectivity index is 2.01. The molecule has 0 fully saturated rings. The smallest absolute Gasteiger partial charge is 0.131 e. The van der Waals surface area contributed by atoms with Crippen molar-refractivity contribution in [2.45, 2.75) is 13.3 Å². The van der Waals surface area contributed by atoms with Crippen molar-refractivity contribution in [3.8, 4) is 0 Å². The monoisotopic (exact) mass is 319 g/mol. The minimum atomic E-state index is 0.711. The van der Waals surface area contributed by atoms with Crippen molar-refractivity contribution >= 4 is 27.4 Å². The predicted octanol–water partition coefficient (Wildman–Crippen LogP) is 3.41. The number of hydrogen-bond donors (Lipinski definition) is 1. The molecule has 0 unspecified atom stereocenters. The molecule has 1 heterocycles. The summed E-state index contributed by atoms with van der Waals surface area (Å²) in [5, 5.41) is 0. The third-order valence-corrected chi connectivity index (χ3v) is 3.61. The van der Waals surface area contributed by atoms with Crippen molar-refractivity contribution in [1.82, 2.24) is 4.98 Å². The molecule has 0 saturated heterocycles. The van der Waals surface area contributed by atoms with Crippen LogP contribution in [-0.2, 0) is 6.42 Å². The zero-order valence-corrected chi connectivity index (χ0v) is 12.8. The van der Waals surface area contributed by atoms with Crippen molar-refractivity contribution in [3.63, 3.8) is 0 Å². The van der Waals surface area contributed by atoms with Gasteiger partial charge in [-0.25, -0.2) is 4.98 Å². The van der Waals surface area contributed by atoms with E-state index in [4.69, 9.17) is 5.73 Å². The molecule has 19 heavy (non-hydrogen) atoms. The van der Waals surface area contributed by atoms with Crippen molar-refractivity contribution in [2.24, 2.45) is 0 Å². The van der Waals surface area contributed by atoms with Crippen molar-refractivity contribution in [1.29, 1.82) is 0 Å². The van der Waals surface area contributed by atoms with Gasteiger partial charge in [-0.3, -0.25) is 0 Å². The number of nitrogens with two attached hydrogens (primary N) is 1. The minimum absolute atomic E-state index is 0.711. The average Bonchev–Trinajstić information content (AvgIpc) is 2.37. The van der Waals surface area contributed by atoms with Crippen LogP contribution in [0, 0.1) is 6.92 Å². The summed E-state index contributed by atoms with van der Waals surface area (Å²) < 4.78 is 1.11. The molecule has 2 rings (SSSR count). The van der Waals surface area contributed by atoms with Crippen LogP contribution in [0.15, 0.2) is 41.0 Å². The van der Waals surface area contributed by atoms with Gasteiger partial charge in [-0.2, -0.15) is 0 Å². The molecule has 0 spiro atoms. The first-order valence-corrected chi connectivity index (χ1v) is 7.03. The van der Waals surface area contributed by atoms with E-state index < -0.39 is 0 Å². The Morgan fingerprint density at radius 2 is 1.95 bits per heavy atom. The van der Waals surface area contributed by atoms with Gasteiger partial charge in [0.05, 0.1) is 11.9 Å². The fraction of sp³-hybridized carbons (Fsp3) is 0.267. The van der Waals surface area contributed by atoms with E-state index in [0.29, 0.717) is 5.69 Å². The largest absolute Gasteiger partial charge is 0.397 e. The summed E-state index contributed by atoms with van der Waals surface area (Å²) in [6.45, 7) is 2.97. The highest BCUT2D eigenvalue weighted by Crippen LogP contribution is 2.18. The molecule has 0 bridgehead atoms. The number of benzene rings is 1. The number of halogens is 1. The summed E-state index contributed by atoms with van der Waals surface area (Å²) in [6.07, 6.45) is 2.70. The zero-order chi connectivity index (χ0) is 13.8. The van der Waals surface area contributed by atoms with Crippen LogP contribution >= 0.6 is 15.9 Å². The van der Waals surface area contributed by atoms with E-state index in [1.807, 2.05) is 13.0 Å². The molecular formula is C15H18BrN3. The van der Waals surface area contributed by atoms with Gasteiger partial charge in [0.1, 0.15) is 5.82 Å². The number of aryl methyl sites for hydroxylation is 1. The number of anilines is 2. The molecule has 100 valence electrons. The summed E-state index contributed by atoms with van der Waals surface area (Å²) in [5.41, 5.74) is 8.86. The van der Waals surface area contributed by atoms with Crippen LogP contribution in [0.25, 0.3) is 0 Å². The lowest BCUT2D eigenvalue weighted by Crippen LogP contribution is -2.22. The summed E-state index contributed by atoms with van der Waals surface area (Å²) in [7, 11) is 2.06. The maximum Gasteiger partial charge on any atom is 0.131 e. The highest BCUT2D eigenvalue weighted by molar-refractivity contribution is 9.10.